The number of aliphatic hydroxyl groups excluding tert-OH is 1. The van der Waals surface area contributed by atoms with E-state index in [1.165, 1.54) is 0 Å². The monoisotopic (exact) mass is 323 g/mol. The Morgan fingerprint density at radius 1 is 1.42 bits per heavy atom. The zero-order chi connectivity index (χ0) is 13.7. The van der Waals surface area contributed by atoms with Gasteiger partial charge < -0.3 is 10.4 Å². The number of aliphatic hydroxyl groups is 1. The van der Waals surface area contributed by atoms with Crippen LogP contribution in [0.5, 0.6) is 0 Å². The van der Waals surface area contributed by atoms with E-state index in [-0.39, 0.29) is 12.6 Å². The number of hydrogen-bond donors (Lipinski definition) is 2. The van der Waals surface area contributed by atoms with Crippen molar-refractivity contribution in [3.8, 4) is 0 Å². The number of anilines is 1. The average molecular weight is 324 g/mol. The molecule has 102 valence electrons. The molecule has 0 fully saturated rings. The molecule has 19 heavy (non-hydrogen) atoms. The lowest BCUT2D eigenvalue weighted by atomic mass is 10.1. The molecule has 0 aliphatic rings. The highest BCUT2D eigenvalue weighted by molar-refractivity contribution is 9.10. The highest BCUT2D eigenvalue weighted by Crippen LogP contribution is 2.26. The van der Waals surface area contributed by atoms with E-state index in [9.17, 15) is 5.11 Å². The first-order valence-corrected chi connectivity index (χ1v) is 7.18. The molecule has 2 aromatic rings. The Hall–Kier alpha value is -1.33. The van der Waals surface area contributed by atoms with Crippen molar-refractivity contribution in [1.82, 2.24) is 9.78 Å². The van der Waals surface area contributed by atoms with Crippen LogP contribution in [0.4, 0.5) is 5.69 Å². The van der Waals surface area contributed by atoms with Crippen molar-refractivity contribution in [2.45, 2.75) is 25.9 Å². The first-order chi connectivity index (χ1) is 9.24. The highest BCUT2D eigenvalue weighted by Gasteiger charge is 2.13. The maximum atomic E-state index is 9.56. The molecule has 1 aromatic heterocycles. The summed E-state index contributed by atoms with van der Waals surface area (Å²) in [7, 11) is 0. The van der Waals surface area contributed by atoms with Crippen LogP contribution in [-0.2, 0) is 6.54 Å². The standard InChI is InChI=1S/C14H18BrN3O/c1-2-7-18-9-11(8-16-18)14(10-19)17-13-6-4-3-5-12(13)15/h3-6,8-9,14,17,19H,2,7,10H2,1H3. The second-order valence-corrected chi connectivity index (χ2v) is 5.25. The number of hydrogen-bond acceptors (Lipinski definition) is 3. The SMILES string of the molecule is CCCn1cc(C(CO)Nc2ccccc2Br)cn1. The van der Waals surface area contributed by atoms with Gasteiger partial charge in [-0.25, -0.2) is 0 Å². The topological polar surface area (TPSA) is 50.1 Å². The van der Waals surface area contributed by atoms with Crippen LogP contribution in [0.1, 0.15) is 24.9 Å². The van der Waals surface area contributed by atoms with Gasteiger partial charge in [-0.3, -0.25) is 4.68 Å². The maximum absolute atomic E-state index is 9.56. The highest BCUT2D eigenvalue weighted by atomic mass is 79.9. The normalized spacial score (nSPS) is 12.4. The lowest BCUT2D eigenvalue weighted by Crippen LogP contribution is -2.14. The van der Waals surface area contributed by atoms with E-state index in [0.29, 0.717) is 0 Å². The van der Waals surface area contributed by atoms with E-state index >= 15 is 0 Å². The summed E-state index contributed by atoms with van der Waals surface area (Å²) < 4.78 is 2.88. The summed E-state index contributed by atoms with van der Waals surface area (Å²) in [6.45, 7) is 3.04. The Bertz CT molecular complexity index is 527. The second kappa shape index (κ2) is 6.73. The van der Waals surface area contributed by atoms with Crippen molar-refractivity contribution in [3.63, 3.8) is 0 Å². The van der Waals surface area contributed by atoms with Gasteiger partial charge in [-0.05, 0) is 34.5 Å². The molecular weight excluding hydrogens is 306 g/mol. The predicted octanol–water partition coefficient (Wildman–Crippen LogP) is 3.20. The number of rotatable bonds is 6. The minimum Gasteiger partial charge on any atom is -0.394 e. The van der Waals surface area contributed by atoms with Gasteiger partial charge in [0.2, 0.25) is 0 Å². The van der Waals surface area contributed by atoms with Crippen molar-refractivity contribution in [3.05, 3.63) is 46.7 Å². The molecule has 1 atom stereocenters. The third-order valence-corrected chi connectivity index (χ3v) is 3.59. The maximum Gasteiger partial charge on any atom is 0.0775 e. The molecule has 0 radical (unpaired) electrons. The van der Waals surface area contributed by atoms with Gasteiger partial charge >= 0.3 is 0 Å². The molecule has 1 unspecified atom stereocenters. The number of aryl methyl sites for hydroxylation is 1. The van der Waals surface area contributed by atoms with Gasteiger partial charge in [0.25, 0.3) is 0 Å². The molecule has 0 aliphatic carbocycles. The van der Waals surface area contributed by atoms with Gasteiger partial charge in [0.15, 0.2) is 0 Å². The molecule has 0 saturated carbocycles. The van der Waals surface area contributed by atoms with Gasteiger partial charge in [-0.1, -0.05) is 19.1 Å². The number of para-hydroxylation sites is 1. The van der Waals surface area contributed by atoms with Crippen LogP contribution in [0, 0.1) is 0 Å². The number of aromatic nitrogens is 2. The summed E-state index contributed by atoms with van der Waals surface area (Å²) in [6.07, 6.45) is 4.83. The van der Waals surface area contributed by atoms with Crippen LogP contribution < -0.4 is 5.32 Å². The number of benzene rings is 1. The van der Waals surface area contributed by atoms with Crippen molar-refractivity contribution in [2.75, 3.05) is 11.9 Å². The predicted molar refractivity (Wildman–Crippen MR) is 80.1 cm³/mol. The van der Waals surface area contributed by atoms with Crippen molar-refractivity contribution in [2.24, 2.45) is 0 Å². The average Bonchev–Trinajstić information content (AvgIpc) is 2.87. The molecule has 0 aliphatic heterocycles. The van der Waals surface area contributed by atoms with Gasteiger partial charge in [-0.2, -0.15) is 5.10 Å². The van der Waals surface area contributed by atoms with E-state index in [1.807, 2.05) is 35.1 Å². The molecule has 0 saturated heterocycles. The molecule has 5 heteroatoms. The second-order valence-electron chi connectivity index (χ2n) is 4.40. The fraction of sp³-hybridized carbons (Fsp3) is 0.357. The molecule has 4 nitrogen and oxygen atoms in total. The fourth-order valence-corrected chi connectivity index (χ4v) is 2.31. The van der Waals surface area contributed by atoms with Crippen LogP contribution in [0.2, 0.25) is 0 Å². The van der Waals surface area contributed by atoms with Crippen LogP contribution in [-0.4, -0.2) is 21.5 Å². The number of nitrogens with one attached hydrogen (secondary N) is 1. The molecule has 1 aromatic carbocycles. The van der Waals surface area contributed by atoms with Crippen molar-refractivity contribution >= 4 is 21.6 Å². The molecule has 0 bridgehead atoms. The van der Waals surface area contributed by atoms with Crippen molar-refractivity contribution in [1.29, 1.82) is 0 Å². The summed E-state index contributed by atoms with van der Waals surface area (Å²) in [4.78, 5) is 0. The largest absolute Gasteiger partial charge is 0.394 e. The first-order valence-electron chi connectivity index (χ1n) is 6.39. The molecule has 1 heterocycles. The zero-order valence-corrected chi connectivity index (χ0v) is 12.5. The third-order valence-electron chi connectivity index (χ3n) is 2.89. The Balaban J connectivity index is 2.13. The van der Waals surface area contributed by atoms with Gasteiger partial charge in [-0.15, -0.1) is 0 Å². The van der Waals surface area contributed by atoms with Gasteiger partial charge in [0, 0.05) is 28.5 Å². The summed E-state index contributed by atoms with van der Waals surface area (Å²) in [5.41, 5.74) is 1.96. The molecule has 0 spiro atoms. The van der Waals surface area contributed by atoms with E-state index in [2.05, 4.69) is 33.3 Å². The van der Waals surface area contributed by atoms with E-state index in [1.54, 1.807) is 6.20 Å². The van der Waals surface area contributed by atoms with Gasteiger partial charge in [0.05, 0.1) is 18.8 Å². The Morgan fingerprint density at radius 3 is 2.89 bits per heavy atom. The summed E-state index contributed by atoms with van der Waals surface area (Å²) in [5.74, 6) is 0. The third kappa shape index (κ3) is 3.58. The number of nitrogens with zero attached hydrogens (tertiary/aromatic N) is 2. The van der Waals surface area contributed by atoms with Crippen LogP contribution >= 0.6 is 15.9 Å². The van der Waals surface area contributed by atoms with E-state index in [4.69, 9.17) is 0 Å². The molecule has 2 rings (SSSR count). The summed E-state index contributed by atoms with van der Waals surface area (Å²) in [5, 5.41) is 17.2. The summed E-state index contributed by atoms with van der Waals surface area (Å²) in [6, 6.07) is 7.72. The Morgan fingerprint density at radius 2 is 2.21 bits per heavy atom. The lowest BCUT2D eigenvalue weighted by molar-refractivity contribution is 0.276. The molecule has 2 N–H and O–H groups in total. The Labute approximate surface area is 121 Å². The minimum absolute atomic E-state index is 0.0269. The minimum atomic E-state index is -0.149. The Kier molecular flexibility index (Phi) is 4.99. The van der Waals surface area contributed by atoms with Crippen LogP contribution in [0.15, 0.2) is 41.1 Å². The summed E-state index contributed by atoms with van der Waals surface area (Å²) >= 11 is 3.49. The zero-order valence-electron chi connectivity index (χ0n) is 10.9. The molecular formula is C14H18BrN3O. The van der Waals surface area contributed by atoms with Gasteiger partial charge in [0.1, 0.15) is 0 Å². The first kappa shape index (κ1) is 14.1. The quantitative estimate of drug-likeness (QED) is 0.858. The van der Waals surface area contributed by atoms with Crippen LogP contribution in [0.3, 0.4) is 0 Å². The number of halogens is 1. The van der Waals surface area contributed by atoms with E-state index < -0.39 is 0 Å². The smallest absolute Gasteiger partial charge is 0.0775 e. The molecule has 0 amide bonds. The lowest BCUT2D eigenvalue weighted by Gasteiger charge is -2.17. The fourth-order valence-electron chi connectivity index (χ4n) is 1.91. The van der Waals surface area contributed by atoms with Crippen molar-refractivity contribution < 1.29 is 5.11 Å². The van der Waals surface area contributed by atoms with Crippen LogP contribution in [0.25, 0.3) is 0 Å². The van der Waals surface area contributed by atoms with E-state index in [0.717, 1.165) is 28.7 Å².